The molecule has 35 heavy (non-hydrogen) atoms. The van der Waals surface area contributed by atoms with E-state index in [9.17, 15) is 9.59 Å². The van der Waals surface area contributed by atoms with E-state index in [4.69, 9.17) is 4.98 Å². The molecule has 2 aromatic rings. The van der Waals surface area contributed by atoms with Crippen molar-refractivity contribution in [2.45, 2.75) is 103 Å². The molecule has 1 heterocycles. The van der Waals surface area contributed by atoms with Crippen molar-refractivity contribution in [3.8, 4) is 0 Å². The molecule has 1 aromatic carbocycles. The van der Waals surface area contributed by atoms with Crippen LogP contribution >= 0.6 is 36.6 Å². The van der Waals surface area contributed by atoms with Gasteiger partial charge < -0.3 is 0 Å². The average molecular weight is 532 g/mol. The van der Waals surface area contributed by atoms with E-state index in [1.54, 1.807) is 11.3 Å². The molecular formula is C29H41NO2S3. The highest BCUT2D eigenvalue weighted by molar-refractivity contribution is 7.97. The molecule has 2 unspecified atom stereocenters. The van der Waals surface area contributed by atoms with Gasteiger partial charge in [-0.05, 0) is 72.5 Å². The highest BCUT2D eigenvalue weighted by atomic mass is 32.1. The second kappa shape index (κ2) is 10.1. The van der Waals surface area contributed by atoms with Crippen molar-refractivity contribution in [3.63, 3.8) is 0 Å². The van der Waals surface area contributed by atoms with Gasteiger partial charge in [-0.2, -0.15) is 0 Å². The summed E-state index contributed by atoms with van der Waals surface area (Å²) in [5.41, 5.74) is 1.45. The molecule has 3 nitrogen and oxygen atoms in total. The largest absolute Gasteiger partial charge is 0.287 e. The second-order valence-corrected chi connectivity index (χ2v) is 14.7. The van der Waals surface area contributed by atoms with Gasteiger partial charge in [-0.25, -0.2) is 4.98 Å². The molecule has 4 rings (SSSR count). The van der Waals surface area contributed by atoms with Gasteiger partial charge >= 0.3 is 0 Å². The van der Waals surface area contributed by atoms with E-state index in [2.05, 4.69) is 78.1 Å². The SMILES string of the molecule is CC(C)(C)CC(C)(C)c1ccc2nc(C(C(=O)S)(C3CCCC3)C(C(=O)S)C3CCCC3)sc2c1. The molecule has 0 radical (unpaired) electrons. The Kier molecular flexibility index (Phi) is 7.87. The number of hydrogen-bond donors (Lipinski definition) is 2. The fourth-order valence-electron chi connectivity index (χ4n) is 7.35. The van der Waals surface area contributed by atoms with Crippen LogP contribution in [0.2, 0.25) is 0 Å². The lowest BCUT2D eigenvalue weighted by Gasteiger charge is -2.42. The third-order valence-corrected chi connectivity index (χ3v) is 10.3. The maximum Gasteiger partial charge on any atom is 0.199 e. The van der Waals surface area contributed by atoms with Crippen molar-refractivity contribution in [3.05, 3.63) is 28.8 Å². The number of benzene rings is 1. The van der Waals surface area contributed by atoms with Crippen molar-refractivity contribution in [1.29, 1.82) is 0 Å². The Morgan fingerprint density at radius 1 is 1.00 bits per heavy atom. The van der Waals surface area contributed by atoms with E-state index in [0.29, 0.717) is 0 Å². The van der Waals surface area contributed by atoms with Crippen molar-refractivity contribution >= 4 is 57.0 Å². The van der Waals surface area contributed by atoms with Crippen molar-refractivity contribution in [2.24, 2.45) is 23.2 Å². The van der Waals surface area contributed by atoms with Crippen LogP contribution in [-0.4, -0.2) is 15.2 Å². The Morgan fingerprint density at radius 3 is 2.14 bits per heavy atom. The fraction of sp³-hybridized carbons (Fsp3) is 0.690. The molecule has 2 aliphatic rings. The van der Waals surface area contributed by atoms with Crippen LogP contribution in [0.25, 0.3) is 10.2 Å². The maximum absolute atomic E-state index is 13.7. The molecular weight excluding hydrogens is 491 g/mol. The lowest BCUT2D eigenvalue weighted by atomic mass is 9.62. The number of thiol groups is 2. The van der Waals surface area contributed by atoms with E-state index in [-0.39, 0.29) is 32.9 Å². The Labute approximate surface area is 226 Å². The zero-order valence-electron chi connectivity index (χ0n) is 21.9. The Bertz CT molecular complexity index is 1090. The Balaban J connectivity index is 1.87. The van der Waals surface area contributed by atoms with Crippen LogP contribution in [0.1, 0.15) is 103 Å². The smallest absolute Gasteiger partial charge is 0.199 e. The normalized spacial score (nSPS) is 20.9. The Morgan fingerprint density at radius 2 is 1.60 bits per heavy atom. The van der Waals surface area contributed by atoms with Gasteiger partial charge in [-0.15, -0.1) is 36.6 Å². The number of nitrogens with zero attached hydrogens (tertiary/aromatic N) is 1. The average Bonchev–Trinajstić information content (AvgIpc) is 3.50. The van der Waals surface area contributed by atoms with Crippen molar-refractivity contribution in [2.75, 3.05) is 0 Å². The molecule has 2 atom stereocenters. The molecule has 2 aliphatic carbocycles. The zero-order valence-corrected chi connectivity index (χ0v) is 24.5. The monoisotopic (exact) mass is 531 g/mol. The van der Waals surface area contributed by atoms with Crippen LogP contribution in [0.4, 0.5) is 0 Å². The third kappa shape index (κ3) is 5.27. The van der Waals surface area contributed by atoms with Crippen LogP contribution in [0.15, 0.2) is 18.2 Å². The van der Waals surface area contributed by atoms with E-state index in [1.165, 1.54) is 5.56 Å². The van der Waals surface area contributed by atoms with Gasteiger partial charge in [0.15, 0.2) is 10.2 Å². The number of carbonyl (C=O) groups is 2. The van der Waals surface area contributed by atoms with E-state index in [0.717, 1.165) is 73.0 Å². The summed E-state index contributed by atoms with van der Waals surface area (Å²) >= 11 is 10.5. The summed E-state index contributed by atoms with van der Waals surface area (Å²) in [5, 5.41) is 0.415. The first kappa shape index (κ1) is 27.2. The highest BCUT2D eigenvalue weighted by Gasteiger charge is 2.58. The highest BCUT2D eigenvalue weighted by Crippen LogP contribution is 2.55. The summed E-state index contributed by atoms with van der Waals surface area (Å²) in [6.07, 6.45) is 9.28. The minimum absolute atomic E-state index is 0.0198. The van der Waals surface area contributed by atoms with Gasteiger partial charge in [0.2, 0.25) is 0 Å². The van der Waals surface area contributed by atoms with Crippen LogP contribution in [0.5, 0.6) is 0 Å². The molecule has 2 fully saturated rings. The third-order valence-electron chi connectivity index (χ3n) is 8.48. The van der Waals surface area contributed by atoms with Crippen LogP contribution < -0.4 is 0 Å². The molecule has 0 aliphatic heterocycles. The summed E-state index contributed by atoms with van der Waals surface area (Å²) < 4.78 is 1.09. The van der Waals surface area contributed by atoms with Gasteiger partial charge in [0.25, 0.3) is 0 Å². The molecule has 192 valence electrons. The standard InChI is InChI=1S/C29H41NO2S3/c1-27(2,3)17-28(4,5)20-14-15-21-22(16-20)35-25(30-21)29(26(32)34,19-12-8-9-13-19)23(24(31)33)18-10-6-7-11-18/h14-16,18-19,23H,6-13,17H2,1-5H3,(H,31,33)(H,32,34). The Hall–Kier alpha value is -0.850. The number of carbonyl (C=O) groups excluding carboxylic acids is 2. The summed E-state index contributed by atoms with van der Waals surface area (Å²) in [4.78, 5) is 31.9. The summed E-state index contributed by atoms with van der Waals surface area (Å²) in [7, 11) is 0. The summed E-state index contributed by atoms with van der Waals surface area (Å²) in [6.45, 7) is 11.5. The minimum atomic E-state index is -0.988. The molecule has 0 spiro atoms. The molecule has 0 saturated heterocycles. The van der Waals surface area contributed by atoms with Crippen molar-refractivity contribution < 1.29 is 9.59 Å². The predicted octanol–water partition coefficient (Wildman–Crippen LogP) is 8.16. The van der Waals surface area contributed by atoms with Crippen LogP contribution in [0, 0.1) is 23.2 Å². The topological polar surface area (TPSA) is 47.0 Å². The van der Waals surface area contributed by atoms with E-state index in [1.807, 2.05) is 0 Å². The minimum Gasteiger partial charge on any atom is -0.287 e. The summed E-state index contributed by atoms with van der Waals surface area (Å²) in [6, 6.07) is 6.55. The lowest BCUT2D eigenvalue weighted by molar-refractivity contribution is -0.129. The first-order chi connectivity index (χ1) is 16.4. The quantitative estimate of drug-likeness (QED) is 0.338. The van der Waals surface area contributed by atoms with E-state index >= 15 is 0 Å². The molecule has 1 aromatic heterocycles. The molecule has 0 bridgehead atoms. The van der Waals surface area contributed by atoms with Gasteiger partial charge in [0, 0.05) is 0 Å². The second-order valence-electron chi connectivity index (χ2n) is 12.8. The first-order valence-electron chi connectivity index (χ1n) is 13.2. The van der Waals surface area contributed by atoms with Gasteiger partial charge in [-0.3, -0.25) is 9.59 Å². The van der Waals surface area contributed by atoms with Gasteiger partial charge in [0.1, 0.15) is 10.4 Å². The molecule has 0 amide bonds. The van der Waals surface area contributed by atoms with E-state index < -0.39 is 11.3 Å². The van der Waals surface area contributed by atoms with Gasteiger partial charge in [-0.1, -0.05) is 66.4 Å². The fourth-order valence-corrected chi connectivity index (χ4v) is 9.58. The van der Waals surface area contributed by atoms with Crippen LogP contribution in [-0.2, 0) is 20.4 Å². The summed E-state index contributed by atoms with van der Waals surface area (Å²) in [5.74, 6) is -0.199. The number of aromatic nitrogens is 1. The predicted molar refractivity (Wildman–Crippen MR) is 154 cm³/mol. The molecule has 0 N–H and O–H groups in total. The van der Waals surface area contributed by atoms with Gasteiger partial charge in [0.05, 0.1) is 16.1 Å². The maximum atomic E-state index is 13.7. The van der Waals surface area contributed by atoms with Crippen LogP contribution in [0.3, 0.4) is 0 Å². The molecule has 6 heteroatoms. The number of fused-ring (bicyclic) bond motifs is 1. The first-order valence-corrected chi connectivity index (χ1v) is 14.9. The molecule has 2 saturated carbocycles. The van der Waals surface area contributed by atoms with Crippen molar-refractivity contribution in [1.82, 2.24) is 4.98 Å². The number of thiazole rings is 1. The lowest BCUT2D eigenvalue weighted by Crippen LogP contribution is -2.51. The zero-order chi connectivity index (χ0) is 25.6. The number of hydrogen-bond acceptors (Lipinski definition) is 4. The number of rotatable bonds is 8.